The summed E-state index contributed by atoms with van der Waals surface area (Å²) in [5.41, 5.74) is 0.809. The quantitative estimate of drug-likeness (QED) is 0.650. The van der Waals surface area contributed by atoms with Crippen LogP contribution >= 0.6 is 0 Å². The zero-order chi connectivity index (χ0) is 19.3. The summed E-state index contributed by atoms with van der Waals surface area (Å²) < 4.78 is 32.9. The number of para-hydroxylation sites is 1. The number of rotatable bonds is 7. The highest BCUT2D eigenvalue weighted by molar-refractivity contribution is 7.89. The number of nitrogens with one attached hydrogen (secondary N) is 1. The van der Waals surface area contributed by atoms with Gasteiger partial charge in [-0.15, -0.1) is 0 Å². The average Bonchev–Trinajstić information content (AvgIpc) is 2.68. The van der Waals surface area contributed by atoms with Gasteiger partial charge in [0.25, 0.3) is 0 Å². The van der Waals surface area contributed by atoms with Crippen LogP contribution in [0.4, 0.5) is 0 Å². The number of benzene rings is 3. The first-order valence-electron chi connectivity index (χ1n) is 8.09. The molecule has 0 saturated carbocycles. The predicted octanol–water partition coefficient (Wildman–Crippen LogP) is 3.66. The van der Waals surface area contributed by atoms with E-state index >= 15 is 0 Å². The maximum absolute atomic E-state index is 12.4. The molecule has 0 bridgehead atoms. The maximum atomic E-state index is 12.4. The number of hydrogen-bond donors (Lipinski definition) is 2. The Morgan fingerprint density at radius 3 is 2.04 bits per heavy atom. The molecule has 27 heavy (non-hydrogen) atoms. The van der Waals surface area contributed by atoms with Crippen molar-refractivity contribution in [3.63, 3.8) is 0 Å². The van der Waals surface area contributed by atoms with Crippen LogP contribution in [0, 0.1) is 0 Å². The van der Waals surface area contributed by atoms with Crippen LogP contribution in [0.15, 0.2) is 83.8 Å². The number of carboxylic acid groups (broad SMARTS) is 1. The Bertz CT molecular complexity index is 1010. The Hall–Kier alpha value is -3.16. The van der Waals surface area contributed by atoms with Crippen molar-refractivity contribution in [3.05, 3.63) is 90.0 Å². The minimum absolute atomic E-state index is 0.0600. The fourth-order valence-corrected chi connectivity index (χ4v) is 3.36. The van der Waals surface area contributed by atoms with Gasteiger partial charge < -0.3 is 9.84 Å². The molecule has 3 aromatic rings. The Labute approximate surface area is 157 Å². The maximum Gasteiger partial charge on any atom is 0.335 e. The number of hydrogen-bond acceptors (Lipinski definition) is 4. The van der Waals surface area contributed by atoms with Gasteiger partial charge in [0, 0.05) is 6.54 Å². The van der Waals surface area contributed by atoms with Crippen LogP contribution in [0.2, 0.25) is 0 Å². The molecule has 0 fully saturated rings. The number of sulfonamides is 1. The zero-order valence-electron chi connectivity index (χ0n) is 14.2. The van der Waals surface area contributed by atoms with E-state index in [0.717, 1.165) is 0 Å². The van der Waals surface area contributed by atoms with E-state index in [2.05, 4.69) is 4.72 Å². The molecule has 0 amide bonds. The topological polar surface area (TPSA) is 92.7 Å². The van der Waals surface area contributed by atoms with Gasteiger partial charge in [-0.05, 0) is 54.1 Å². The summed E-state index contributed by atoms with van der Waals surface area (Å²) in [5, 5.41) is 8.88. The van der Waals surface area contributed by atoms with Gasteiger partial charge in [-0.25, -0.2) is 17.9 Å². The molecule has 3 rings (SSSR count). The largest absolute Gasteiger partial charge is 0.478 e. The summed E-state index contributed by atoms with van der Waals surface area (Å²) in [6.45, 7) is 0.0600. The van der Waals surface area contributed by atoms with Crippen molar-refractivity contribution in [2.45, 2.75) is 11.4 Å². The van der Waals surface area contributed by atoms with Crippen molar-refractivity contribution < 1.29 is 23.1 Å². The summed E-state index contributed by atoms with van der Waals surface area (Å²) in [6.07, 6.45) is 0. The van der Waals surface area contributed by atoms with E-state index in [9.17, 15) is 13.2 Å². The molecular formula is C20H17NO5S. The van der Waals surface area contributed by atoms with Crippen LogP contribution < -0.4 is 9.46 Å². The molecule has 0 aliphatic carbocycles. The van der Waals surface area contributed by atoms with Crippen molar-refractivity contribution in [1.29, 1.82) is 0 Å². The Balaban J connectivity index is 1.65. The van der Waals surface area contributed by atoms with Gasteiger partial charge >= 0.3 is 5.97 Å². The molecule has 2 N–H and O–H groups in total. The Morgan fingerprint density at radius 2 is 1.44 bits per heavy atom. The minimum atomic E-state index is -3.70. The van der Waals surface area contributed by atoms with Gasteiger partial charge in [0.05, 0.1) is 10.5 Å². The normalized spacial score (nSPS) is 11.1. The second-order valence-corrected chi connectivity index (χ2v) is 7.48. The second-order valence-electron chi connectivity index (χ2n) is 5.71. The molecule has 0 unspecified atom stereocenters. The fraction of sp³-hybridized carbons (Fsp3) is 0.0500. The highest BCUT2D eigenvalue weighted by Gasteiger charge is 2.14. The van der Waals surface area contributed by atoms with Crippen LogP contribution in [0.3, 0.4) is 0 Å². The van der Waals surface area contributed by atoms with Gasteiger partial charge in [0.15, 0.2) is 0 Å². The molecule has 7 heteroatoms. The molecule has 0 spiro atoms. The molecule has 0 atom stereocenters. The molecule has 138 valence electrons. The lowest BCUT2D eigenvalue weighted by Gasteiger charge is -2.09. The molecule has 0 aliphatic heterocycles. The smallest absolute Gasteiger partial charge is 0.335 e. The lowest BCUT2D eigenvalue weighted by atomic mass is 10.1. The van der Waals surface area contributed by atoms with Crippen LogP contribution in [0.5, 0.6) is 11.5 Å². The van der Waals surface area contributed by atoms with Crippen molar-refractivity contribution in [3.8, 4) is 11.5 Å². The first kappa shape index (κ1) is 18.6. The van der Waals surface area contributed by atoms with Crippen LogP contribution in [-0.2, 0) is 16.6 Å². The Morgan fingerprint density at radius 1 is 0.852 bits per heavy atom. The predicted molar refractivity (Wildman–Crippen MR) is 100 cm³/mol. The summed E-state index contributed by atoms with van der Waals surface area (Å²) in [4.78, 5) is 11.0. The van der Waals surface area contributed by atoms with Gasteiger partial charge in [-0.3, -0.25) is 0 Å². The SMILES string of the molecule is O=C(O)c1ccc(CNS(=O)(=O)c2ccc(Oc3ccccc3)cc2)cc1. The van der Waals surface area contributed by atoms with E-state index in [4.69, 9.17) is 9.84 Å². The van der Waals surface area contributed by atoms with Gasteiger partial charge in [0.1, 0.15) is 11.5 Å². The third-order valence-electron chi connectivity index (χ3n) is 3.78. The highest BCUT2D eigenvalue weighted by atomic mass is 32.2. The minimum Gasteiger partial charge on any atom is -0.478 e. The lowest BCUT2D eigenvalue weighted by Crippen LogP contribution is -2.23. The van der Waals surface area contributed by atoms with Crippen molar-refractivity contribution in [2.75, 3.05) is 0 Å². The summed E-state index contributed by atoms with van der Waals surface area (Å²) in [7, 11) is -3.70. The van der Waals surface area contributed by atoms with Crippen molar-refractivity contribution in [1.82, 2.24) is 4.72 Å². The van der Waals surface area contributed by atoms with E-state index in [1.165, 1.54) is 24.3 Å². The third-order valence-corrected chi connectivity index (χ3v) is 5.20. The molecule has 6 nitrogen and oxygen atoms in total. The first-order valence-corrected chi connectivity index (χ1v) is 9.57. The molecule has 0 heterocycles. The summed E-state index contributed by atoms with van der Waals surface area (Å²) in [6, 6.07) is 21.3. The highest BCUT2D eigenvalue weighted by Crippen LogP contribution is 2.22. The lowest BCUT2D eigenvalue weighted by molar-refractivity contribution is 0.0697. The summed E-state index contributed by atoms with van der Waals surface area (Å²) in [5.74, 6) is 0.167. The van der Waals surface area contributed by atoms with Crippen molar-refractivity contribution in [2.24, 2.45) is 0 Å². The first-order chi connectivity index (χ1) is 12.9. The van der Waals surface area contributed by atoms with E-state index < -0.39 is 16.0 Å². The molecule has 0 saturated heterocycles. The number of carbonyl (C=O) groups is 1. The number of ether oxygens (including phenoxy) is 1. The van der Waals surface area contributed by atoms with Crippen LogP contribution in [-0.4, -0.2) is 19.5 Å². The van der Waals surface area contributed by atoms with Crippen molar-refractivity contribution >= 4 is 16.0 Å². The standard InChI is InChI=1S/C20H17NO5S/c22-20(23)16-8-6-15(7-9-16)14-21-27(24,25)19-12-10-18(11-13-19)26-17-4-2-1-3-5-17/h1-13,21H,14H2,(H,22,23). The molecule has 0 aromatic heterocycles. The van der Waals surface area contributed by atoms with E-state index in [1.807, 2.05) is 30.3 Å². The number of carboxylic acids is 1. The average molecular weight is 383 g/mol. The van der Waals surface area contributed by atoms with Crippen LogP contribution in [0.25, 0.3) is 0 Å². The molecule has 0 aliphatic rings. The van der Waals surface area contributed by atoms with Gasteiger partial charge in [0.2, 0.25) is 10.0 Å². The van der Waals surface area contributed by atoms with E-state index in [-0.39, 0.29) is 17.0 Å². The second kappa shape index (κ2) is 8.03. The van der Waals surface area contributed by atoms with Gasteiger partial charge in [-0.1, -0.05) is 30.3 Å². The van der Waals surface area contributed by atoms with Gasteiger partial charge in [-0.2, -0.15) is 0 Å². The monoisotopic (exact) mass is 383 g/mol. The Kier molecular flexibility index (Phi) is 5.54. The third kappa shape index (κ3) is 4.93. The summed E-state index contributed by atoms with van der Waals surface area (Å²) >= 11 is 0. The number of aromatic carboxylic acids is 1. The van der Waals surface area contributed by atoms with Crippen LogP contribution in [0.1, 0.15) is 15.9 Å². The van der Waals surface area contributed by atoms with E-state index in [1.54, 1.807) is 24.3 Å². The molecule has 0 radical (unpaired) electrons. The van der Waals surface area contributed by atoms with E-state index in [0.29, 0.717) is 17.1 Å². The fourth-order valence-electron chi connectivity index (χ4n) is 2.34. The molecule has 3 aromatic carbocycles. The zero-order valence-corrected chi connectivity index (χ0v) is 15.0. The molecular weight excluding hydrogens is 366 g/mol.